The first-order valence-electron chi connectivity index (χ1n) is 3.86. The van der Waals surface area contributed by atoms with Crippen LogP contribution in [0.5, 0.6) is 0 Å². The van der Waals surface area contributed by atoms with Crippen LogP contribution >= 0.6 is 12.6 Å². The average molecular weight is 160 g/mol. The van der Waals surface area contributed by atoms with Crippen LogP contribution < -0.4 is 5.32 Å². The summed E-state index contributed by atoms with van der Waals surface area (Å²) in [6.45, 7) is 7.70. The summed E-state index contributed by atoms with van der Waals surface area (Å²) < 4.78 is 0. The van der Waals surface area contributed by atoms with Crippen LogP contribution in [0.1, 0.15) is 13.8 Å². The van der Waals surface area contributed by atoms with Gasteiger partial charge < -0.3 is 5.32 Å². The van der Waals surface area contributed by atoms with Crippen LogP contribution in [0.4, 0.5) is 0 Å². The molecule has 10 heavy (non-hydrogen) atoms. The second kappa shape index (κ2) is 3.60. The first kappa shape index (κ1) is 8.37. The highest BCUT2D eigenvalue weighted by Gasteiger charge is 2.19. The molecule has 0 spiro atoms. The Morgan fingerprint density at radius 2 is 2.40 bits per heavy atom. The summed E-state index contributed by atoms with van der Waals surface area (Å²) in [5.74, 6) is 0. The molecular formula is C7H16N2S. The van der Waals surface area contributed by atoms with Gasteiger partial charge in [0.25, 0.3) is 0 Å². The summed E-state index contributed by atoms with van der Waals surface area (Å²) in [7, 11) is 0. The third kappa shape index (κ3) is 1.87. The molecule has 2 atom stereocenters. The van der Waals surface area contributed by atoms with Crippen LogP contribution in [0.15, 0.2) is 0 Å². The van der Waals surface area contributed by atoms with E-state index in [1.165, 1.54) is 0 Å². The first-order valence-corrected chi connectivity index (χ1v) is 4.38. The molecule has 2 nitrogen and oxygen atoms in total. The minimum Gasteiger partial charge on any atom is -0.314 e. The number of nitrogens with zero attached hydrogens (tertiary/aromatic N) is 1. The zero-order valence-corrected chi connectivity index (χ0v) is 7.56. The van der Waals surface area contributed by atoms with Gasteiger partial charge in [0.1, 0.15) is 0 Å². The second-order valence-corrected chi connectivity index (χ2v) is 3.67. The Bertz CT molecular complexity index is 106. The Morgan fingerprint density at radius 3 is 2.80 bits per heavy atom. The number of rotatable bonds is 1. The summed E-state index contributed by atoms with van der Waals surface area (Å²) in [6, 6.07) is 0.640. The summed E-state index contributed by atoms with van der Waals surface area (Å²) in [4.78, 5) is 2.40. The molecule has 1 aliphatic rings. The maximum Gasteiger partial charge on any atom is 0.0502 e. The first-order chi connectivity index (χ1) is 4.72. The Kier molecular flexibility index (Phi) is 3.01. The third-order valence-corrected chi connectivity index (χ3v) is 2.33. The van der Waals surface area contributed by atoms with E-state index in [9.17, 15) is 0 Å². The maximum atomic E-state index is 4.40. The largest absolute Gasteiger partial charge is 0.314 e. The van der Waals surface area contributed by atoms with E-state index in [1.54, 1.807) is 0 Å². The predicted octanol–water partition coefficient (Wildman–Crippen LogP) is 0.556. The zero-order chi connectivity index (χ0) is 7.56. The molecule has 0 saturated carbocycles. The molecule has 0 aromatic carbocycles. The van der Waals surface area contributed by atoms with Gasteiger partial charge in [-0.25, -0.2) is 0 Å². The molecule has 0 aliphatic carbocycles. The van der Waals surface area contributed by atoms with Crippen LogP contribution in [0.2, 0.25) is 0 Å². The maximum absolute atomic E-state index is 4.40. The van der Waals surface area contributed by atoms with Crippen molar-refractivity contribution in [2.45, 2.75) is 25.3 Å². The summed E-state index contributed by atoms with van der Waals surface area (Å²) in [5.41, 5.74) is 0. The SMILES string of the molecule is CC(S)N1CCNCC1C. The lowest BCUT2D eigenvalue weighted by Crippen LogP contribution is -2.51. The van der Waals surface area contributed by atoms with Gasteiger partial charge in [-0.15, -0.1) is 0 Å². The fourth-order valence-corrected chi connectivity index (χ4v) is 1.75. The lowest BCUT2D eigenvalue weighted by atomic mass is 10.2. The van der Waals surface area contributed by atoms with E-state index in [1.807, 2.05) is 0 Å². The highest BCUT2D eigenvalue weighted by Crippen LogP contribution is 2.09. The van der Waals surface area contributed by atoms with E-state index in [4.69, 9.17) is 0 Å². The van der Waals surface area contributed by atoms with E-state index in [0.717, 1.165) is 19.6 Å². The standard InChI is InChI=1S/C7H16N2S/c1-6-5-8-3-4-9(6)7(2)10/h6-8,10H,3-5H2,1-2H3. The van der Waals surface area contributed by atoms with E-state index >= 15 is 0 Å². The van der Waals surface area contributed by atoms with E-state index < -0.39 is 0 Å². The molecule has 0 amide bonds. The molecule has 3 heteroatoms. The molecule has 1 N–H and O–H groups in total. The number of nitrogens with one attached hydrogen (secondary N) is 1. The van der Waals surface area contributed by atoms with Crippen molar-refractivity contribution in [2.24, 2.45) is 0 Å². The van der Waals surface area contributed by atoms with Gasteiger partial charge in [0.2, 0.25) is 0 Å². The van der Waals surface area contributed by atoms with Crippen molar-refractivity contribution in [3.8, 4) is 0 Å². The Morgan fingerprint density at radius 1 is 1.70 bits per heavy atom. The van der Waals surface area contributed by atoms with Gasteiger partial charge in [-0.05, 0) is 13.8 Å². The summed E-state index contributed by atoms with van der Waals surface area (Å²) in [5, 5.41) is 3.74. The van der Waals surface area contributed by atoms with Gasteiger partial charge in [0.15, 0.2) is 0 Å². The fourth-order valence-electron chi connectivity index (χ4n) is 1.41. The molecule has 1 heterocycles. The van der Waals surface area contributed by atoms with Crippen LogP contribution in [0.25, 0.3) is 0 Å². The Hall–Kier alpha value is 0.270. The summed E-state index contributed by atoms with van der Waals surface area (Å²) in [6.07, 6.45) is 0. The molecule has 0 radical (unpaired) electrons. The molecule has 0 bridgehead atoms. The number of piperazine rings is 1. The quantitative estimate of drug-likeness (QED) is 0.545. The van der Waals surface area contributed by atoms with Crippen LogP contribution in [0, 0.1) is 0 Å². The summed E-state index contributed by atoms with van der Waals surface area (Å²) >= 11 is 4.40. The smallest absolute Gasteiger partial charge is 0.0502 e. The molecule has 0 aromatic rings. The van der Waals surface area contributed by atoms with Crippen LogP contribution in [-0.2, 0) is 0 Å². The van der Waals surface area contributed by atoms with Crippen LogP contribution in [0.3, 0.4) is 0 Å². The van der Waals surface area contributed by atoms with Crippen molar-refractivity contribution in [2.75, 3.05) is 19.6 Å². The minimum atomic E-state index is 0.400. The van der Waals surface area contributed by atoms with Crippen molar-refractivity contribution < 1.29 is 0 Å². The third-order valence-electron chi connectivity index (χ3n) is 2.03. The molecule has 1 saturated heterocycles. The van der Waals surface area contributed by atoms with Crippen LogP contribution in [-0.4, -0.2) is 35.9 Å². The number of hydrogen-bond acceptors (Lipinski definition) is 3. The molecule has 1 fully saturated rings. The van der Waals surface area contributed by atoms with Crippen molar-refractivity contribution in [3.63, 3.8) is 0 Å². The lowest BCUT2D eigenvalue weighted by Gasteiger charge is -2.36. The molecular weight excluding hydrogens is 144 g/mol. The average Bonchev–Trinajstić information content (AvgIpc) is 1.88. The highest BCUT2D eigenvalue weighted by molar-refractivity contribution is 7.80. The van der Waals surface area contributed by atoms with Gasteiger partial charge in [-0.3, -0.25) is 4.90 Å². The highest BCUT2D eigenvalue weighted by atomic mass is 32.1. The van der Waals surface area contributed by atoms with Gasteiger partial charge in [-0.1, -0.05) is 0 Å². The molecule has 1 rings (SSSR count). The topological polar surface area (TPSA) is 15.3 Å². The van der Waals surface area contributed by atoms with Gasteiger partial charge in [0.05, 0.1) is 5.37 Å². The normalized spacial score (nSPS) is 32.1. The predicted molar refractivity (Wildman–Crippen MR) is 47.5 cm³/mol. The van der Waals surface area contributed by atoms with E-state index in [2.05, 4.69) is 36.7 Å². The van der Waals surface area contributed by atoms with Crippen molar-refractivity contribution in [3.05, 3.63) is 0 Å². The number of thiol groups is 1. The fraction of sp³-hybridized carbons (Fsp3) is 1.00. The van der Waals surface area contributed by atoms with Gasteiger partial charge in [-0.2, -0.15) is 12.6 Å². The molecule has 2 unspecified atom stereocenters. The zero-order valence-electron chi connectivity index (χ0n) is 6.67. The molecule has 0 aromatic heterocycles. The Balaban J connectivity index is 2.40. The minimum absolute atomic E-state index is 0.400. The van der Waals surface area contributed by atoms with E-state index in [-0.39, 0.29) is 0 Å². The van der Waals surface area contributed by atoms with Crippen molar-refractivity contribution in [1.82, 2.24) is 10.2 Å². The van der Waals surface area contributed by atoms with Gasteiger partial charge in [0, 0.05) is 25.7 Å². The molecule has 1 aliphatic heterocycles. The Labute approximate surface area is 68.4 Å². The van der Waals surface area contributed by atoms with Gasteiger partial charge >= 0.3 is 0 Å². The van der Waals surface area contributed by atoms with Crippen molar-refractivity contribution in [1.29, 1.82) is 0 Å². The van der Waals surface area contributed by atoms with Crippen molar-refractivity contribution >= 4 is 12.6 Å². The molecule has 60 valence electrons. The monoisotopic (exact) mass is 160 g/mol. The van der Waals surface area contributed by atoms with E-state index in [0.29, 0.717) is 11.4 Å². The second-order valence-electron chi connectivity index (χ2n) is 2.92. The number of hydrogen-bond donors (Lipinski definition) is 2. The lowest BCUT2D eigenvalue weighted by molar-refractivity contribution is 0.168.